The molecule has 0 spiro atoms. The molecule has 0 atom stereocenters. The van der Waals surface area contributed by atoms with Crippen molar-refractivity contribution in [2.45, 2.75) is 20.3 Å². The zero-order chi connectivity index (χ0) is 14.7. The Balaban J connectivity index is 2.45. The van der Waals surface area contributed by atoms with Gasteiger partial charge in [0.2, 0.25) is 0 Å². The summed E-state index contributed by atoms with van der Waals surface area (Å²) in [7, 11) is 0. The number of carbonyl (C=O) groups excluding carboxylic acids is 1. The average molecular weight is 287 g/mol. The van der Waals surface area contributed by atoms with E-state index in [4.69, 9.17) is 16.9 Å². The van der Waals surface area contributed by atoms with E-state index in [0.29, 0.717) is 12.0 Å². The quantitative estimate of drug-likeness (QED) is 0.637. The lowest BCUT2D eigenvalue weighted by atomic mass is 10.1. The van der Waals surface area contributed by atoms with Gasteiger partial charge in [0.15, 0.2) is 5.78 Å². The highest BCUT2D eigenvalue weighted by molar-refractivity contribution is 6.30. The van der Waals surface area contributed by atoms with Crippen molar-refractivity contribution in [3.05, 3.63) is 52.8 Å². The molecular formula is C16H15ClN2O. The first-order valence-corrected chi connectivity index (χ1v) is 6.86. The summed E-state index contributed by atoms with van der Waals surface area (Å²) >= 11 is 5.63. The van der Waals surface area contributed by atoms with Crippen molar-refractivity contribution in [1.82, 2.24) is 4.57 Å². The summed E-state index contributed by atoms with van der Waals surface area (Å²) < 4.78 is 2.02. The Morgan fingerprint density at radius 2 is 1.95 bits per heavy atom. The fraction of sp³-hybridized carbons (Fsp3) is 0.250. The van der Waals surface area contributed by atoms with Crippen LogP contribution in [0.1, 0.15) is 27.3 Å². The molecule has 2 rings (SSSR count). The lowest BCUT2D eigenvalue weighted by Gasteiger charge is -2.10. The Morgan fingerprint density at radius 1 is 1.30 bits per heavy atom. The number of nitriles is 1. The van der Waals surface area contributed by atoms with Crippen molar-refractivity contribution in [2.24, 2.45) is 0 Å². The van der Waals surface area contributed by atoms with Crippen molar-refractivity contribution in [3.8, 4) is 11.8 Å². The predicted molar refractivity (Wildman–Crippen MR) is 79.6 cm³/mol. The Labute approximate surface area is 123 Å². The van der Waals surface area contributed by atoms with E-state index in [0.717, 1.165) is 22.6 Å². The van der Waals surface area contributed by atoms with Gasteiger partial charge in [0.1, 0.15) is 0 Å². The Kier molecular flexibility index (Phi) is 4.26. The van der Waals surface area contributed by atoms with Gasteiger partial charge in [-0.15, -0.1) is 11.6 Å². The van der Waals surface area contributed by atoms with E-state index >= 15 is 0 Å². The second kappa shape index (κ2) is 5.94. The van der Waals surface area contributed by atoms with Crippen LogP contribution in [0.25, 0.3) is 5.69 Å². The normalized spacial score (nSPS) is 10.3. The van der Waals surface area contributed by atoms with Crippen LogP contribution in [0.15, 0.2) is 30.3 Å². The maximum absolute atomic E-state index is 11.8. The summed E-state index contributed by atoms with van der Waals surface area (Å²) in [5.74, 6) is -0.0714. The van der Waals surface area contributed by atoms with Gasteiger partial charge in [-0.25, -0.2) is 0 Å². The molecule has 0 fully saturated rings. The molecule has 0 saturated heterocycles. The Bertz CT molecular complexity index is 678. The highest BCUT2D eigenvalue weighted by Crippen LogP contribution is 2.22. The third kappa shape index (κ3) is 2.61. The van der Waals surface area contributed by atoms with Crippen molar-refractivity contribution < 1.29 is 4.79 Å². The lowest BCUT2D eigenvalue weighted by molar-refractivity contribution is 0.102. The third-order valence-corrected chi connectivity index (χ3v) is 3.57. The van der Waals surface area contributed by atoms with E-state index in [9.17, 15) is 4.79 Å². The second-order valence-corrected chi connectivity index (χ2v) is 4.95. The van der Waals surface area contributed by atoms with E-state index in [-0.39, 0.29) is 11.7 Å². The fourth-order valence-corrected chi connectivity index (χ4v) is 2.51. The first-order valence-electron chi connectivity index (χ1n) is 6.33. The van der Waals surface area contributed by atoms with Gasteiger partial charge >= 0.3 is 0 Å². The number of hydrogen-bond acceptors (Lipinski definition) is 2. The zero-order valence-corrected chi connectivity index (χ0v) is 12.2. The molecule has 0 aliphatic carbocycles. The highest BCUT2D eigenvalue weighted by Gasteiger charge is 2.15. The topological polar surface area (TPSA) is 45.8 Å². The Hall–Kier alpha value is -2.05. The molecule has 0 bridgehead atoms. The van der Waals surface area contributed by atoms with Crippen molar-refractivity contribution in [3.63, 3.8) is 0 Å². The molecule has 4 heteroatoms. The monoisotopic (exact) mass is 286 g/mol. The summed E-state index contributed by atoms with van der Waals surface area (Å²) in [5, 5.41) is 8.68. The fourth-order valence-electron chi connectivity index (χ4n) is 2.37. The molecule has 20 heavy (non-hydrogen) atoms. The highest BCUT2D eigenvalue weighted by atomic mass is 35.5. The number of Topliss-reactive ketones (excluding diaryl/α,β-unsaturated/α-hetero) is 1. The van der Waals surface area contributed by atoms with E-state index in [1.165, 1.54) is 0 Å². The van der Waals surface area contributed by atoms with Gasteiger partial charge in [0.05, 0.1) is 18.4 Å². The molecule has 1 aromatic heterocycles. The molecule has 1 aromatic carbocycles. The minimum absolute atomic E-state index is 0.00853. The molecule has 0 aliphatic rings. The summed E-state index contributed by atoms with van der Waals surface area (Å²) in [6.45, 7) is 3.87. The Morgan fingerprint density at radius 3 is 2.50 bits per heavy atom. The maximum Gasteiger partial charge on any atom is 0.179 e. The van der Waals surface area contributed by atoms with E-state index < -0.39 is 0 Å². The predicted octanol–water partition coefficient (Wildman–Crippen LogP) is 3.58. The number of aryl methyl sites for hydroxylation is 1. The number of aromatic nitrogens is 1. The SMILES string of the molecule is Cc1cc(C(=O)CCl)c(C)n1-c1ccc(CC#N)cc1. The van der Waals surface area contributed by atoms with E-state index in [2.05, 4.69) is 6.07 Å². The molecule has 3 nitrogen and oxygen atoms in total. The molecule has 0 radical (unpaired) electrons. The van der Waals surface area contributed by atoms with Crippen LogP contribution in [-0.2, 0) is 6.42 Å². The number of nitrogens with zero attached hydrogens (tertiary/aromatic N) is 2. The largest absolute Gasteiger partial charge is 0.318 e. The number of carbonyl (C=O) groups is 1. The van der Waals surface area contributed by atoms with Crippen molar-refractivity contribution in [1.29, 1.82) is 5.26 Å². The van der Waals surface area contributed by atoms with E-state index in [1.54, 1.807) is 0 Å². The lowest BCUT2D eigenvalue weighted by Crippen LogP contribution is -2.04. The van der Waals surface area contributed by atoms with Crippen LogP contribution in [0.4, 0.5) is 0 Å². The minimum Gasteiger partial charge on any atom is -0.318 e. The molecule has 0 N–H and O–H groups in total. The zero-order valence-electron chi connectivity index (χ0n) is 11.5. The first kappa shape index (κ1) is 14.4. The van der Waals surface area contributed by atoms with Crippen LogP contribution >= 0.6 is 11.6 Å². The van der Waals surface area contributed by atoms with Gasteiger partial charge < -0.3 is 4.57 Å². The van der Waals surface area contributed by atoms with Gasteiger partial charge in [0.25, 0.3) is 0 Å². The molecule has 0 aliphatic heterocycles. The molecule has 2 aromatic rings. The number of hydrogen-bond donors (Lipinski definition) is 0. The molecule has 1 heterocycles. The van der Waals surface area contributed by atoms with Crippen LogP contribution < -0.4 is 0 Å². The smallest absolute Gasteiger partial charge is 0.179 e. The number of benzene rings is 1. The molecule has 0 saturated carbocycles. The molecule has 0 unspecified atom stereocenters. The number of ketones is 1. The summed E-state index contributed by atoms with van der Waals surface area (Å²) in [6, 6.07) is 11.8. The minimum atomic E-state index is -0.0629. The van der Waals surface area contributed by atoms with Crippen LogP contribution in [0.3, 0.4) is 0 Å². The van der Waals surface area contributed by atoms with E-state index in [1.807, 2.05) is 48.7 Å². The molecule has 0 amide bonds. The van der Waals surface area contributed by atoms with Crippen LogP contribution in [0.5, 0.6) is 0 Å². The van der Waals surface area contributed by atoms with Gasteiger partial charge in [-0.3, -0.25) is 4.79 Å². The summed E-state index contributed by atoms with van der Waals surface area (Å²) in [5.41, 5.74) is 4.51. The number of rotatable bonds is 4. The van der Waals surface area contributed by atoms with Gasteiger partial charge in [-0.2, -0.15) is 5.26 Å². The van der Waals surface area contributed by atoms with Crippen LogP contribution in [-0.4, -0.2) is 16.2 Å². The average Bonchev–Trinajstić information content (AvgIpc) is 2.75. The second-order valence-electron chi connectivity index (χ2n) is 4.68. The summed E-state index contributed by atoms with van der Waals surface area (Å²) in [6.07, 6.45) is 0.403. The molecule has 102 valence electrons. The van der Waals surface area contributed by atoms with Crippen molar-refractivity contribution >= 4 is 17.4 Å². The van der Waals surface area contributed by atoms with Crippen LogP contribution in [0, 0.1) is 25.2 Å². The standard InChI is InChI=1S/C16H15ClN2O/c1-11-9-15(16(20)10-17)12(2)19(11)14-5-3-13(4-6-14)7-8-18/h3-6,9H,7,10H2,1-2H3. The van der Waals surface area contributed by atoms with Gasteiger partial charge in [-0.05, 0) is 37.6 Å². The number of alkyl halides is 1. The van der Waals surface area contributed by atoms with Gasteiger partial charge in [-0.1, -0.05) is 12.1 Å². The maximum atomic E-state index is 11.8. The summed E-state index contributed by atoms with van der Waals surface area (Å²) in [4.78, 5) is 11.8. The third-order valence-electron chi connectivity index (χ3n) is 3.33. The van der Waals surface area contributed by atoms with Gasteiger partial charge in [0, 0.05) is 22.6 Å². The van der Waals surface area contributed by atoms with Crippen LogP contribution in [0.2, 0.25) is 0 Å². The number of halogens is 1. The van der Waals surface area contributed by atoms with Crippen molar-refractivity contribution in [2.75, 3.05) is 5.88 Å². The first-order chi connectivity index (χ1) is 9.58. The molecular weight excluding hydrogens is 272 g/mol.